The molecule has 2 heterocycles. The molecule has 0 spiro atoms. The highest BCUT2D eigenvalue weighted by Gasteiger charge is 2.13. The molecule has 1 amide bonds. The molecule has 8 nitrogen and oxygen atoms in total. The number of carbonyl (C=O) groups excluding carboxylic acids is 1. The Bertz CT molecular complexity index is 1090. The van der Waals surface area contributed by atoms with E-state index in [0.717, 1.165) is 18.7 Å². The first-order chi connectivity index (χ1) is 14.9. The average molecular weight is 443 g/mol. The van der Waals surface area contributed by atoms with Crippen molar-refractivity contribution >= 4 is 29.0 Å². The largest absolute Gasteiger partial charge is 0.496 e. The summed E-state index contributed by atoms with van der Waals surface area (Å²) in [5.74, 6) is 1.46. The zero-order valence-electron chi connectivity index (χ0n) is 18.3. The van der Waals surface area contributed by atoms with Crippen LogP contribution in [0.2, 0.25) is 0 Å². The van der Waals surface area contributed by atoms with Gasteiger partial charge in [0.05, 0.1) is 44.4 Å². The maximum atomic E-state index is 12.7. The fourth-order valence-corrected chi connectivity index (χ4v) is 3.80. The van der Waals surface area contributed by atoms with Crippen molar-refractivity contribution < 1.29 is 19.0 Å². The summed E-state index contributed by atoms with van der Waals surface area (Å²) in [6.45, 7) is 4.46. The Labute approximate surface area is 185 Å². The first kappa shape index (κ1) is 22.4. The predicted molar refractivity (Wildman–Crippen MR) is 121 cm³/mol. The van der Waals surface area contributed by atoms with Crippen molar-refractivity contribution in [2.24, 2.45) is 0 Å². The van der Waals surface area contributed by atoms with E-state index in [2.05, 4.69) is 15.4 Å². The van der Waals surface area contributed by atoms with Crippen LogP contribution in [-0.4, -0.2) is 42.0 Å². The normalized spacial score (nSPS) is 11.3. The summed E-state index contributed by atoms with van der Waals surface area (Å²) in [6, 6.07) is 3.50. The molecule has 0 aliphatic heterocycles. The smallest absolute Gasteiger partial charge is 0.251 e. The molecule has 3 rings (SSSR count). The Hall–Kier alpha value is -3.33. The van der Waals surface area contributed by atoms with Crippen LogP contribution in [0.5, 0.6) is 17.2 Å². The summed E-state index contributed by atoms with van der Waals surface area (Å²) in [5.41, 5.74) is 4.76. The average Bonchev–Trinajstić information content (AvgIpc) is 3.39. The van der Waals surface area contributed by atoms with E-state index in [4.69, 9.17) is 14.2 Å². The minimum Gasteiger partial charge on any atom is -0.496 e. The maximum absolute atomic E-state index is 12.7. The van der Waals surface area contributed by atoms with Crippen LogP contribution in [0.4, 0.5) is 5.69 Å². The number of aryl methyl sites for hydroxylation is 3. The van der Waals surface area contributed by atoms with Gasteiger partial charge in [-0.15, -0.1) is 11.3 Å². The van der Waals surface area contributed by atoms with Crippen LogP contribution in [0.3, 0.4) is 0 Å². The minimum absolute atomic E-state index is 0.227. The van der Waals surface area contributed by atoms with Gasteiger partial charge in [-0.2, -0.15) is 5.10 Å². The molecule has 0 unspecified atom stereocenters. The van der Waals surface area contributed by atoms with Gasteiger partial charge in [0, 0.05) is 41.2 Å². The van der Waals surface area contributed by atoms with Crippen molar-refractivity contribution in [1.82, 2.24) is 14.8 Å². The first-order valence-electron chi connectivity index (χ1n) is 9.66. The second-order valence-corrected chi connectivity index (χ2v) is 7.77. The highest BCUT2D eigenvalue weighted by Crippen LogP contribution is 2.35. The van der Waals surface area contributed by atoms with E-state index in [1.807, 2.05) is 23.3 Å². The van der Waals surface area contributed by atoms with Gasteiger partial charge in [0.2, 0.25) is 0 Å². The van der Waals surface area contributed by atoms with Crippen molar-refractivity contribution in [1.29, 1.82) is 0 Å². The van der Waals surface area contributed by atoms with Crippen LogP contribution in [-0.2, 0) is 17.8 Å². The van der Waals surface area contributed by atoms with E-state index in [1.54, 1.807) is 64.0 Å². The molecule has 0 bridgehead atoms. The Balaban J connectivity index is 1.69. The van der Waals surface area contributed by atoms with Crippen molar-refractivity contribution in [3.8, 4) is 17.2 Å². The quantitative estimate of drug-likeness (QED) is 0.505. The minimum atomic E-state index is -0.227. The highest BCUT2D eigenvalue weighted by molar-refractivity contribution is 7.09. The lowest BCUT2D eigenvalue weighted by Crippen LogP contribution is -2.12. The predicted octanol–water partition coefficient (Wildman–Crippen LogP) is 3.96. The van der Waals surface area contributed by atoms with Crippen molar-refractivity contribution in [3.63, 3.8) is 0 Å². The monoisotopic (exact) mass is 442 g/mol. The van der Waals surface area contributed by atoms with Gasteiger partial charge in [-0.3, -0.25) is 9.48 Å². The molecule has 0 fully saturated rings. The number of hydrogen-bond acceptors (Lipinski definition) is 7. The Morgan fingerprint density at radius 1 is 1.16 bits per heavy atom. The fourth-order valence-electron chi connectivity index (χ4n) is 3.03. The van der Waals surface area contributed by atoms with Gasteiger partial charge >= 0.3 is 0 Å². The molecule has 164 valence electrons. The second-order valence-electron chi connectivity index (χ2n) is 6.83. The molecular formula is C22H26N4O4S. The number of nitrogens with zero attached hydrogens (tertiary/aromatic N) is 3. The summed E-state index contributed by atoms with van der Waals surface area (Å²) >= 11 is 1.64. The van der Waals surface area contributed by atoms with E-state index in [9.17, 15) is 4.79 Å². The van der Waals surface area contributed by atoms with E-state index >= 15 is 0 Å². The molecule has 3 aromatic rings. The molecular weight excluding hydrogens is 416 g/mol. The molecule has 2 aromatic heterocycles. The summed E-state index contributed by atoms with van der Waals surface area (Å²) in [4.78, 5) is 18.2. The Kier molecular flexibility index (Phi) is 7.30. The van der Waals surface area contributed by atoms with Crippen molar-refractivity contribution in [2.45, 2.75) is 26.8 Å². The summed E-state index contributed by atoms with van der Waals surface area (Å²) in [6.07, 6.45) is 6.05. The number of thiazole rings is 1. The molecule has 0 aliphatic carbocycles. The van der Waals surface area contributed by atoms with Gasteiger partial charge < -0.3 is 19.5 Å². The number of anilines is 1. The van der Waals surface area contributed by atoms with Crippen molar-refractivity contribution in [3.05, 3.63) is 51.7 Å². The first-order valence-corrected chi connectivity index (χ1v) is 10.5. The lowest BCUT2D eigenvalue weighted by Gasteiger charge is -2.12. The van der Waals surface area contributed by atoms with Gasteiger partial charge in [0.15, 0.2) is 11.5 Å². The standard InChI is InChI=1S/C22H26N4O4S/c1-14(8-16-9-19(29-4)20(30-5)10-18(16)28-3)22(27)25-17-11-24-26(12-17)7-6-21-15(2)23-13-31-21/h8-13H,6-7H2,1-5H3,(H,25,27)/b14-8+. The topological polar surface area (TPSA) is 87.5 Å². The summed E-state index contributed by atoms with van der Waals surface area (Å²) in [7, 11) is 4.69. The van der Waals surface area contributed by atoms with Gasteiger partial charge in [-0.05, 0) is 26.0 Å². The number of benzene rings is 1. The molecule has 1 N–H and O–H groups in total. The third-order valence-corrected chi connectivity index (χ3v) is 5.76. The number of rotatable bonds is 9. The van der Waals surface area contributed by atoms with Crippen molar-refractivity contribution in [2.75, 3.05) is 26.6 Å². The molecule has 1 aromatic carbocycles. The van der Waals surface area contributed by atoms with E-state index in [-0.39, 0.29) is 5.91 Å². The SMILES string of the molecule is COc1cc(OC)c(OC)cc1/C=C(\C)C(=O)Nc1cnn(CCc2scnc2C)c1. The molecule has 9 heteroatoms. The summed E-state index contributed by atoms with van der Waals surface area (Å²) < 4.78 is 17.9. The number of hydrogen-bond donors (Lipinski definition) is 1. The Morgan fingerprint density at radius 2 is 1.87 bits per heavy atom. The number of amides is 1. The molecule has 31 heavy (non-hydrogen) atoms. The number of ether oxygens (including phenoxy) is 3. The lowest BCUT2D eigenvalue weighted by molar-refractivity contribution is -0.112. The van der Waals surface area contributed by atoms with E-state index in [0.29, 0.717) is 34.1 Å². The third-order valence-electron chi connectivity index (χ3n) is 4.77. The van der Waals surface area contributed by atoms with Crippen LogP contribution in [0.15, 0.2) is 35.6 Å². The zero-order valence-corrected chi connectivity index (χ0v) is 19.1. The van der Waals surface area contributed by atoms with Gasteiger partial charge in [-0.25, -0.2) is 4.98 Å². The molecule has 0 saturated heterocycles. The van der Waals surface area contributed by atoms with Crippen LogP contribution >= 0.6 is 11.3 Å². The second kappa shape index (κ2) is 10.1. The number of nitrogens with one attached hydrogen (secondary N) is 1. The fraction of sp³-hybridized carbons (Fsp3) is 0.318. The number of aromatic nitrogens is 3. The number of methoxy groups -OCH3 is 3. The van der Waals surface area contributed by atoms with Crippen LogP contribution in [0, 0.1) is 6.92 Å². The van der Waals surface area contributed by atoms with Crippen LogP contribution in [0.1, 0.15) is 23.1 Å². The molecule has 0 radical (unpaired) electrons. The van der Waals surface area contributed by atoms with Gasteiger partial charge in [0.25, 0.3) is 5.91 Å². The van der Waals surface area contributed by atoms with Crippen LogP contribution < -0.4 is 19.5 Å². The maximum Gasteiger partial charge on any atom is 0.251 e. The highest BCUT2D eigenvalue weighted by atomic mass is 32.1. The van der Waals surface area contributed by atoms with Gasteiger partial charge in [0.1, 0.15) is 5.75 Å². The third kappa shape index (κ3) is 5.43. The molecule has 0 aliphatic rings. The molecule has 0 saturated carbocycles. The Morgan fingerprint density at radius 3 is 2.52 bits per heavy atom. The van der Waals surface area contributed by atoms with Crippen LogP contribution in [0.25, 0.3) is 6.08 Å². The van der Waals surface area contributed by atoms with E-state index in [1.165, 1.54) is 4.88 Å². The summed E-state index contributed by atoms with van der Waals surface area (Å²) in [5, 5.41) is 7.21. The van der Waals surface area contributed by atoms with Gasteiger partial charge in [-0.1, -0.05) is 0 Å². The molecule has 0 atom stereocenters. The lowest BCUT2D eigenvalue weighted by atomic mass is 10.1. The van der Waals surface area contributed by atoms with E-state index < -0.39 is 0 Å². The zero-order chi connectivity index (χ0) is 22.4. The number of carbonyl (C=O) groups is 1.